The van der Waals surface area contributed by atoms with Crippen LogP contribution in [0.5, 0.6) is 0 Å². The number of ether oxygens (including phenoxy) is 1. The van der Waals surface area contributed by atoms with E-state index in [1.54, 1.807) is 0 Å². The van der Waals surface area contributed by atoms with Crippen LogP contribution in [-0.4, -0.2) is 36.0 Å². The quantitative estimate of drug-likeness (QED) is 0.742. The molecule has 146 valence electrons. The van der Waals surface area contributed by atoms with E-state index in [0.29, 0.717) is 17.9 Å². The summed E-state index contributed by atoms with van der Waals surface area (Å²) in [7, 11) is 0. The summed E-state index contributed by atoms with van der Waals surface area (Å²) in [6, 6.07) is 15.2. The van der Waals surface area contributed by atoms with Gasteiger partial charge in [0.05, 0.1) is 24.8 Å². The molecule has 0 unspecified atom stereocenters. The lowest BCUT2D eigenvalue weighted by atomic mass is 10.0. The van der Waals surface area contributed by atoms with Crippen LogP contribution < -0.4 is 5.32 Å². The molecule has 1 aliphatic heterocycles. The van der Waals surface area contributed by atoms with Gasteiger partial charge < -0.3 is 10.1 Å². The third-order valence-electron chi connectivity index (χ3n) is 4.86. The normalized spacial score (nSPS) is 14.4. The maximum absolute atomic E-state index is 13.1. The zero-order chi connectivity index (χ0) is 20.3. The molecule has 1 N–H and O–H groups in total. The molecule has 5 heteroatoms. The van der Waals surface area contributed by atoms with Crippen molar-refractivity contribution in [2.45, 2.75) is 33.8 Å². The van der Waals surface area contributed by atoms with Gasteiger partial charge in [-0.1, -0.05) is 42.5 Å². The van der Waals surface area contributed by atoms with Crippen LogP contribution in [0.4, 0.5) is 5.69 Å². The molecule has 0 saturated heterocycles. The Kier molecular flexibility index (Phi) is 5.95. The summed E-state index contributed by atoms with van der Waals surface area (Å²) in [5, 5.41) is 3.23. The molecule has 0 aromatic heterocycles. The molecule has 0 fully saturated rings. The fourth-order valence-corrected chi connectivity index (χ4v) is 3.17. The smallest absolute Gasteiger partial charge is 0.278 e. The highest BCUT2D eigenvalue weighted by Crippen LogP contribution is 2.31. The summed E-state index contributed by atoms with van der Waals surface area (Å²) in [5.41, 5.74) is 4.42. The Hall–Kier alpha value is -2.92. The molecule has 0 radical (unpaired) electrons. The number of aryl methyl sites for hydroxylation is 1. The van der Waals surface area contributed by atoms with Crippen LogP contribution in [-0.2, 0) is 14.3 Å². The average Bonchev–Trinajstić information content (AvgIpc) is 2.90. The molecule has 3 rings (SSSR count). The zero-order valence-electron chi connectivity index (χ0n) is 16.8. The van der Waals surface area contributed by atoms with E-state index >= 15 is 0 Å². The number of carbonyl (C=O) groups is 2. The third-order valence-corrected chi connectivity index (χ3v) is 4.86. The van der Waals surface area contributed by atoms with Gasteiger partial charge in [0.15, 0.2) is 0 Å². The van der Waals surface area contributed by atoms with Crippen LogP contribution in [0.3, 0.4) is 0 Å². The van der Waals surface area contributed by atoms with Gasteiger partial charge in [-0.15, -0.1) is 0 Å². The molecular formula is C23H26N2O3. The van der Waals surface area contributed by atoms with Crippen molar-refractivity contribution in [1.82, 2.24) is 4.90 Å². The van der Waals surface area contributed by atoms with E-state index in [1.807, 2.05) is 76.2 Å². The van der Waals surface area contributed by atoms with Crippen molar-refractivity contribution in [3.8, 4) is 0 Å². The first-order chi connectivity index (χ1) is 13.4. The van der Waals surface area contributed by atoms with Crippen molar-refractivity contribution < 1.29 is 14.3 Å². The lowest BCUT2D eigenvalue weighted by Crippen LogP contribution is -2.35. The summed E-state index contributed by atoms with van der Waals surface area (Å²) >= 11 is 0. The van der Waals surface area contributed by atoms with Gasteiger partial charge in [-0.2, -0.15) is 0 Å². The van der Waals surface area contributed by atoms with Crippen LogP contribution in [0.1, 0.15) is 30.5 Å². The highest BCUT2D eigenvalue weighted by atomic mass is 16.5. The Morgan fingerprint density at radius 2 is 1.68 bits per heavy atom. The lowest BCUT2D eigenvalue weighted by molar-refractivity contribution is -0.137. The second kappa shape index (κ2) is 8.40. The molecule has 28 heavy (non-hydrogen) atoms. The standard InChI is InChI=1S/C23H26N2O3/c1-15(2)28-14-13-25-22(26)20(18-10-6-5-7-11-18)21(23(25)27)24-19-12-8-9-16(3)17(19)4/h5-12,15,24H,13-14H2,1-4H3. The predicted octanol–water partition coefficient (Wildman–Crippen LogP) is 3.92. The molecule has 0 bridgehead atoms. The molecule has 0 aliphatic carbocycles. The Morgan fingerprint density at radius 1 is 0.964 bits per heavy atom. The second-order valence-electron chi connectivity index (χ2n) is 7.17. The number of nitrogens with one attached hydrogen (secondary N) is 1. The average molecular weight is 378 g/mol. The minimum absolute atomic E-state index is 0.0434. The first kappa shape index (κ1) is 19.8. The van der Waals surface area contributed by atoms with Crippen molar-refractivity contribution >= 4 is 23.1 Å². The van der Waals surface area contributed by atoms with E-state index in [4.69, 9.17) is 4.74 Å². The van der Waals surface area contributed by atoms with Gasteiger partial charge in [0.25, 0.3) is 11.8 Å². The van der Waals surface area contributed by atoms with Gasteiger partial charge in [-0.25, -0.2) is 0 Å². The van der Waals surface area contributed by atoms with Crippen LogP contribution in [0.15, 0.2) is 54.2 Å². The number of carbonyl (C=O) groups excluding carboxylic acids is 2. The number of nitrogens with zero attached hydrogens (tertiary/aromatic N) is 1. The zero-order valence-corrected chi connectivity index (χ0v) is 16.8. The highest BCUT2D eigenvalue weighted by molar-refractivity contribution is 6.36. The second-order valence-corrected chi connectivity index (χ2v) is 7.17. The molecule has 1 aliphatic rings. The maximum atomic E-state index is 13.1. The fraction of sp³-hybridized carbons (Fsp3) is 0.304. The summed E-state index contributed by atoms with van der Waals surface area (Å²) in [6.07, 6.45) is 0.0434. The van der Waals surface area contributed by atoms with Crippen molar-refractivity contribution in [3.63, 3.8) is 0 Å². The van der Waals surface area contributed by atoms with E-state index in [0.717, 1.165) is 22.4 Å². The van der Waals surface area contributed by atoms with E-state index < -0.39 is 0 Å². The van der Waals surface area contributed by atoms with Gasteiger partial charge in [-0.3, -0.25) is 14.5 Å². The Bertz CT molecular complexity index is 917. The summed E-state index contributed by atoms with van der Waals surface area (Å²) in [4.78, 5) is 27.5. The minimum Gasteiger partial charge on any atom is -0.377 e. The third kappa shape index (κ3) is 3.99. The maximum Gasteiger partial charge on any atom is 0.278 e. The van der Waals surface area contributed by atoms with Gasteiger partial charge in [0.1, 0.15) is 5.70 Å². The van der Waals surface area contributed by atoms with Crippen LogP contribution in [0.25, 0.3) is 5.57 Å². The molecule has 5 nitrogen and oxygen atoms in total. The van der Waals surface area contributed by atoms with E-state index in [2.05, 4.69) is 5.32 Å². The number of amides is 2. The molecule has 1 heterocycles. The number of imide groups is 1. The Labute approximate surface area is 166 Å². The largest absolute Gasteiger partial charge is 0.377 e. The van der Waals surface area contributed by atoms with Crippen molar-refractivity contribution in [2.24, 2.45) is 0 Å². The van der Waals surface area contributed by atoms with Crippen LogP contribution in [0, 0.1) is 13.8 Å². The number of anilines is 1. The minimum atomic E-state index is -0.322. The fourth-order valence-electron chi connectivity index (χ4n) is 3.17. The van der Waals surface area contributed by atoms with Crippen molar-refractivity contribution in [3.05, 3.63) is 70.9 Å². The number of hydrogen-bond acceptors (Lipinski definition) is 4. The van der Waals surface area contributed by atoms with Crippen molar-refractivity contribution in [1.29, 1.82) is 0 Å². The Morgan fingerprint density at radius 3 is 2.36 bits per heavy atom. The molecule has 2 aromatic carbocycles. The Balaban J connectivity index is 1.98. The molecule has 0 atom stereocenters. The molecule has 0 spiro atoms. The first-order valence-electron chi connectivity index (χ1n) is 9.51. The van der Waals surface area contributed by atoms with E-state index in [-0.39, 0.29) is 24.5 Å². The van der Waals surface area contributed by atoms with Gasteiger partial charge in [-0.05, 0) is 50.5 Å². The number of hydrogen-bond donors (Lipinski definition) is 1. The summed E-state index contributed by atoms with van der Waals surface area (Å²) < 4.78 is 5.54. The topological polar surface area (TPSA) is 58.6 Å². The lowest BCUT2D eigenvalue weighted by Gasteiger charge is -2.17. The van der Waals surface area contributed by atoms with Crippen molar-refractivity contribution in [2.75, 3.05) is 18.5 Å². The van der Waals surface area contributed by atoms with Gasteiger partial charge in [0, 0.05) is 5.69 Å². The van der Waals surface area contributed by atoms with Gasteiger partial charge in [0.2, 0.25) is 0 Å². The number of benzene rings is 2. The van der Waals surface area contributed by atoms with Crippen LogP contribution >= 0.6 is 0 Å². The monoisotopic (exact) mass is 378 g/mol. The van der Waals surface area contributed by atoms with Gasteiger partial charge >= 0.3 is 0 Å². The molecule has 2 amide bonds. The number of rotatable bonds is 7. The summed E-state index contributed by atoms with van der Waals surface area (Å²) in [6.45, 7) is 8.40. The molecule has 2 aromatic rings. The summed E-state index contributed by atoms with van der Waals surface area (Å²) in [5.74, 6) is -0.617. The molecular weight excluding hydrogens is 352 g/mol. The molecule has 0 saturated carbocycles. The van der Waals surface area contributed by atoms with Crippen LogP contribution in [0.2, 0.25) is 0 Å². The SMILES string of the molecule is Cc1cccc(NC2=C(c3ccccc3)C(=O)N(CCOC(C)C)C2=O)c1C. The predicted molar refractivity (Wildman–Crippen MR) is 111 cm³/mol. The highest BCUT2D eigenvalue weighted by Gasteiger charge is 2.39. The first-order valence-corrected chi connectivity index (χ1v) is 9.51. The van der Waals surface area contributed by atoms with E-state index in [1.165, 1.54) is 4.90 Å². The van der Waals surface area contributed by atoms with E-state index in [9.17, 15) is 9.59 Å².